The van der Waals surface area contributed by atoms with Crippen molar-refractivity contribution in [2.75, 3.05) is 19.7 Å². The van der Waals surface area contributed by atoms with Gasteiger partial charge in [0, 0.05) is 19.1 Å². The van der Waals surface area contributed by atoms with E-state index in [1.54, 1.807) is 0 Å². The van der Waals surface area contributed by atoms with Gasteiger partial charge in [0.25, 0.3) is 0 Å². The van der Waals surface area contributed by atoms with E-state index in [2.05, 4.69) is 17.9 Å². The maximum absolute atomic E-state index is 11.1. The van der Waals surface area contributed by atoms with E-state index in [4.69, 9.17) is 4.74 Å². The average Bonchev–Trinajstić information content (AvgIpc) is 3.08. The fourth-order valence-electron chi connectivity index (χ4n) is 4.16. The summed E-state index contributed by atoms with van der Waals surface area (Å²) in [5.74, 6) is 0.841. The highest BCUT2D eigenvalue weighted by Gasteiger charge is 2.44. The van der Waals surface area contributed by atoms with Crippen molar-refractivity contribution >= 4 is 0 Å². The van der Waals surface area contributed by atoms with Crippen molar-refractivity contribution in [3.63, 3.8) is 0 Å². The fourth-order valence-corrected chi connectivity index (χ4v) is 4.16. The van der Waals surface area contributed by atoms with Crippen LogP contribution in [0.25, 0.3) is 0 Å². The van der Waals surface area contributed by atoms with Crippen molar-refractivity contribution in [2.24, 2.45) is 0 Å². The highest BCUT2D eigenvalue weighted by Crippen LogP contribution is 2.32. The number of aliphatic hydroxyl groups excluding tert-OH is 1. The Morgan fingerprint density at radius 1 is 1.12 bits per heavy atom. The van der Waals surface area contributed by atoms with Gasteiger partial charge in [-0.1, -0.05) is 25.0 Å². The summed E-state index contributed by atoms with van der Waals surface area (Å²) in [5.41, 5.74) is 2.17. The molecule has 1 aromatic rings. The van der Waals surface area contributed by atoms with E-state index < -0.39 is 11.7 Å². The Morgan fingerprint density at radius 3 is 2.50 bits per heavy atom. The summed E-state index contributed by atoms with van der Waals surface area (Å²) in [7, 11) is 0. The SMILES string of the molecule is Cc1ccc(C)c(OC[C@@]2(O)CN(C3CCCC3)CC[C@@H]2O)c1C. The van der Waals surface area contributed by atoms with Gasteiger partial charge in [-0.15, -0.1) is 0 Å². The van der Waals surface area contributed by atoms with Crippen molar-refractivity contribution in [3.05, 3.63) is 28.8 Å². The van der Waals surface area contributed by atoms with Gasteiger partial charge in [-0.2, -0.15) is 0 Å². The molecule has 134 valence electrons. The Balaban J connectivity index is 1.71. The number of β-amino-alcohol motifs (C(OH)–C–C–N with tert-alkyl or cyclic N) is 1. The summed E-state index contributed by atoms with van der Waals surface area (Å²) in [6.45, 7) is 7.65. The normalized spacial score (nSPS) is 29.1. The standard InChI is InChI=1S/C20H31NO3/c1-14-8-9-15(2)19(16(14)3)24-13-20(23)12-21(11-10-18(20)22)17-6-4-5-7-17/h8-9,17-18,22-23H,4-7,10-13H2,1-3H3/t18-,20-/m0/s1. The predicted octanol–water partition coefficient (Wildman–Crippen LogP) is 2.73. The number of nitrogens with zero attached hydrogens (tertiary/aromatic N) is 1. The van der Waals surface area contributed by atoms with E-state index in [-0.39, 0.29) is 6.61 Å². The largest absolute Gasteiger partial charge is 0.490 e. The van der Waals surface area contributed by atoms with E-state index in [0.717, 1.165) is 23.4 Å². The highest BCUT2D eigenvalue weighted by atomic mass is 16.5. The molecular weight excluding hydrogens is 302 g/mol. The average molecular weight is 333 g/mol. The van der Waals surface area contributed by atoms with E-state index in [0.29, 0.717) is 19.0 Å². The number of hydrogen-bond donors (Lipinski definition) is 2. The molecule has 1 heterocycles. The summed E-state index contributed by atoms with van der Waals surface area (Å²) in [5, 5.41) is 21.5. The molecule has 3 rings (SSSR count). The van der Waals surface area contributed by atoms with Crippen LogP contribution >= 0.6 is 0 Å². The van der Waals surface area contributed by atoms with Crippen molar-refractivity contribution in [1.82, 2.24) is 4.90 Å². The van der Waals surface area contributed by atoms with Crippen LogP contribution in [0.5, 0.6) is 5.75 Å². The zero-order chi connectivity index (χ0) is 17.3. The molecule has 2 atom stereocenters. The number of likely N-dealkylation sites (tertiary alicyclic amines) is 1. The quantitative estimate of drug-likeness (QED) is 0.890. The predicted molar refractivity (Wildman–Crippen MR) is 95.6 cm³/mol. The highest BCUT2D eigenvalue weighted by molar-refractivity contribution is 5.44. The van der Waals surface area contributed by atoms with Crippen LogP contribution in [0.1, 0.15) is 48.8 Å². The van der Waals surface area contributed by atoms with Crippen LogP contribution in [0.4, 0.5) is 0 Å². The molecule has 0 amide bonds. The van der Waals surface area contributed by atoms with Crippen LogP contribution in [0.2, 0.25) is 0 Å². The molecule has 2 aliphatic rings. The van der Waals surface area contributed by atoms with Gasteiger partial charge >= 0.3 is 0 Å². The fraction of sp³-hybridized carbons (Fsp3) is 0.700. The van der Waals surface area contributed by atoms with Crippen LogP contribution < -0.4 is 4.74 Å². The first-order valence-electron chi connectivity index (χ1n) is 9.25. The zero-order valence-electron chi connectivity index (χ0n) is 15.2. The Labute approximate surface area is 145 Å². The van der Waals surface area contributed by atoms with Gasteiger partial charge in [-0.25, -0.2) is 0 Å². The lowest BCUT2D eigenvalue weighted by molar-refractivity contribution is -0.145. The molecule has 1 aliphatic heterocycles. The van der Waals surface area contributed by atoms with Crippen LogP contribution in [-0.4, -0.2) is 52.6 Å². The Hall–Kier alpha value is -1.10. The van der Waals surface area contributed by atoms with Crippen LogP contribution in [0.15, 0.2) is 12.1 Å². The van der Waals surface area contributed by atoms with Gasteiger partial charge in [-0.05, 0) is 56.7 Å². The topological polar surface area (TPSA) is 52.9 Å². The lowest BCUT2D eigenvalue weighted by Gasteiger charge is -2.44. The number of piperidine rings is 1. The summed E-state index contributed by atoms with van der Waals surface area (Å²) < 4.78 is 6.04. The minimum Gasteiger partial charge on any atom is -0.490 e. The van der Waals surface area contributed by atoms with Crippen LogP contribution in [0.3, 0.4) is 0 Å². The van der Waals surface area contributed by atoms with Crippen LogP contribution in [-0.2, 0) is 0 Å². The first-order valence-corrected chi connectivity index (χ1v) is 9.25. The van der Waals surface area contributed by atoms with Gasteiger partial charge in [0.05, 0.1) is 6.10 Å². The second-order valence-corrected chi connectivity index (χ2v) is 7.76. The number of hydrogen-bond acceptors (Lipinski definition) is 4. The second kappa shape index (κ2) is 7.03. The second-order valence-electron chi connectivity index (χ2n) is 7.76. The van der Waals surface area contributed by atoms with Gasteiger partial charge in [-0.3, -0.25) is 4.90 Å². The van der Waals surface area contributed by atoms with Gasteiger partial charge in [0.1, 0.15) is 18.0 Å². The Morgan fingerprint density at radius 2 is 1.79 bits per heavy atom. The molecule has 0 radical (unpaired) electrons. The van der Waals surface area contributed by atoms with Crippen molar-refractivity contribution in [2.45, 2.75) is 70.6 Å². The first-order chi connectivity index (χ1) is 11.4. The van der Waals surface area contributed by atoms with Gasteiger partial charge in [0.15, 0.2) is 0 Å². The van der Waals surface area contributed by atoms with E-state index >= 15 is 0 Å². The molecule has 0 aromatic heterocycles. The molecule has 2 N–H and O–H groups in total. The van der Waals surface area contributed by atoms with E-state index in [1.807, 2.05) is 19.9 Å². The number of aliphatic hydroxyl groups is 2. The lowest BCUT2D eigenvalue weighted by atomic mass is 9.89. The number of benzene rings is 1. The molecule has 1 saturated carbocycles. The smallest absolute Gasteiger partial charge is 0.137 e. The maximum atomic E-state index is 11.1. The molecule has 0 unspecified atom stereocenters. The third-order valence-electron chi connectivity index (χ3n) is 5.97. The molecule has 24 heavy (non-hydrogen) atoms. The third kappa shape index (κ3) is 3.46. The summed E-state index contributed by atoms with van der Waals surface area (Å²) in [4.78, 5) is 2.36. The molecular formula is C20H31NO3. The summed E-state index contributed by atoms with van der Waals surface area (Å²) in [6.07, 6.45) is 4.87. The minimum atomic E-state index is -1.19. The zero-order valence-corrected chi connectivity index (χ0v) is 15.2. The van der Waals surface area contributed by atoms with Crippen LogP contribution in [0, 0.1) is 20.8 Å². The number of aryl methyl sites for hydroxylation is 2. The van der Waals surface area contributed by atoms with E-state index in [9.17, 15) is 10.2 Å². The molecule has 0 bridgehead atoms. The molecule has 4 nitrogen and oxygen atoms in total. The Kier molecular flexibility index (Phi) is 5.19. The summed E-state index contributed by atoms with van der Waals surface area (Å²) >= 11 is 0. The summed E-state index contributed by atoms with van der Waals surface area (Å²) in [6, 6.07) is 4.69. The lowest BCUT2D eigenvalue weighted by Crippen LogP contribution is -2.61. The first kappa shape index (κ1) is 17.7. The van der Waals surface area contributed by atoms with Crippen molar-refractivity contribution in [3.8, 4) is 5.75 Å². The van der Waals surface area contributed by atoms with Gasteiger partial charge in [0.2, 0.25) is 0 Å². The molecule has 0 spiro atoms. The molecule has 4 heteroatoms. The minimum absolute atomic E-state index is 0.141. The van der Waals surface area contributed by atoms with Gasteiger partial charge < -0.3 is 14.9 Å². The monoisotopic (exact) mass is 333 g/mol. The van der Waals surface area contributed by atoms with E-state index in [1.165, 1.54) is 31.2 Å². The molecule has 1 aromatic carbocycles. The number of ether oxygens (including phenoxy) is 1. The molecule has 2 fully saturated rings. The van der Waals surface area contributed by atoms with Crippen molar-refractivity contribution < 1.29 is 14.9 Å². The Bertz CT molecular complexity index is 582. The third-order valence-corrected chi connectivity index (χ3v) is 5.97. The molecule has 1 saturated heterocycles. The number of rotatable bonds is 4. The maximum Gasteiger partial charge on any atom is 0.137 e. The van der Waals surface area contributed by atoms with Crippen molar-refractivity contribution in [1.29, 1.82) is 0 Å². The molecule has 1 aliphatic carbocycles.